The van der Waals surface area contributed by atoms with Crippen LogP contribution in [0, 0.1) is 11.2 Å². The molecule has 0 bridgehead atoms. The van der Waals surface area contributed by atoms with Crippen molar-refractivity contribution in [1.29, 1.82) is 5.41 Å². The van der Waals surface area contributed by atoms with Gasteiger partial charge >= 0.3 is 0 Å². The van der Waals surface area contributed by atoms with Gasteiger partial charge in [0.2, 0.25) is 0 Å². The highest BCUT2D eigenvalue weighted by atomic mass is 19.1. The number of fused-ring (bicyclic) bond motifs is 1. The normalized spacial score (nSPS) is 10.7. The van der Waals surface area contributed by atoms with Gasteiger partial charge in [0, 0.05) is 11.5 Å². The number of furan rings is 1. The van der Waals surface area contributed by atoms with Crippen LogP contribution in [0.3, 0.4) is 0 Å². The van der Waals surface area contributed by atoms with Crippen molar-refractivity contribution in [2.75, 3.05) is 12.0 Å². The third-order valence-electron chi connectivity index (χ3n) is 3.51. The van der Waals surface area contributed by atoms with E-state index < -0.39 is 5.82 Å². The minimum absolute atomic E-state index is 0.198. The molecule has 0 fully saturated rings. The number of nitrogens with zero attached hydrogens (tertiary/aromatic N) is 1. The summed E-state index contributed by atoms with van der Waals surface area (Å²) in [4.78, 5) is 1.43. The van der Waals surface area contributed by atoms with E-state index in [2.05, 4.69) is 0 Å². The van der Waals surface area contributed by atoms with Gasteiger partial charge in [-0.25, -0.2) is 4.39 Å². The molecule has 0 atom stereocenters. The van der Waals surface area contributed by atoms with Gasteiger partial charge < -0.3 is 19.8 Å². The zero-order valence-electron chi connectivity index (χ0n) is 12.5. The van der Waals surface area contributed by atoms with Crippen molar-refractivity contribution in [2.24, 2.45) is 5.73 Å². The largest absolute Gasteiger partial charge is 0.495 e. The predicted octanol–water partition coefficient (Wildman–Crippen LogP) is 3.48. The Labute approximate surface area is 132 Å². The predicted molar refractivity (Wildman–Crippen MR) is 87.3 cm³/mol. The standard InChI is InChI=1S/C17H16FN3O2/c1-22-16-7-6-12(18)9-14(16)21(17(19)20)10-13-8-11-4-2-3-5-15(11)23-13/h2-9H,10H2,1H3,(H3,19,20). The molecule has 0 spiro atoms. The van der Waals surface area contributed by atoms with Gasteiger partial charge in [0.25, 0.3) is 0 Å². The summed E-state index contributed by atoms with van der Waals surface area (Å²) in [5.41, 5.74) is 6.80. The number of ether oxygens (including phenoxy) is 1. The van der Waals surface area contributed by atoms with Crippen LogP contribution in [0.1, 0.15) is 5.76 Å². The second-order valence-electron chi connectivity index (χ2n) is 5.04. The third-order valence-corrected chi connectivity index (χ3v) is 3.51. The maximum Gasteiger partial charge on any atom is 0.193 e. The maximum atomic E-state index is 13.6. The number of rotatable bonds is 4. The molecule has 5 nitrogen and oxygen atoms in total. The van der Waals surface area contributed by atoms with E-state index >= 15 is 0 Å². The monoisotopic (exact) mass is 313 g/mol. The van der Waals surface area contributed by atoms with E-state index in [0.717, 1.165) is 11.0 Å². The van der Waals surface area contributed by atoms with Crippen LogP contribution in [0.2, 0.25) is 0 Å². The van der Waals surface area contributed by atoms with Crippen molar-refractivity contribution < 1.29 is 13.5 Å². The Morgan fingerprint density at radius 2 is 2.04 bits per heavy atom. The summed E-state index contributed by atoms with van der Waals surface area (Å²) < 4.78 is 24.6. The van der Waals surface area contributed by atoms with Crippen LogP contribution >= 0.6 is 0 Å². The Morgan fingerprint density at radius 3 is 2.74 bits per heavy atom. The first kappa shape index (κ1) is 14.9. The average Bonchev–Trinajstić information content (AvgIpc) is 2.95. The Bertz CT molecular complexity index is 827. The van der Waals surface area contributed by atoms with E-state index in [4.69, 9.17) is 20.3 Å². The molecule has 0 aliphatic rings. The number of halogens is 1. The number of methoxy groups -OCH3 is 1. The first-order valence-electron chi connectivity index (χ1n) is 7.01. The molecule has 1 heterocycles. The summed E-state index contributed by atoms with van der Waals surface area (Å²) in [6.07, 6.45) is 0. The lowest BCUT2D eigenvalue weighted by Gasteiger charge is -2.23. The lowest BCUT2D eigenvalue weighted by Crippen LogP contribution is -2.36. The van der Waals surface area contributed by atoms with E-state index in [9.17, 15) is 4.39 Å². The Morgan fingerprint density at radius 1 is 1.26 bits per heavy atom. The van der Waals surface area contributed by atoms with Crippen LogP contribution in [0.5, 0.6) is 5.75 Å². The molecule has 0 aliphatic heterocycles. The SMILES string of the molecule is COc1ccc(F)cc1N(Cc1cc2ccccc2o1)C(=N)N. The summed E-state index contributed by atoms with van der Waals surface area (Å²) in [6.45, 7) is 0.198. The molecule has 2 aromatic carbocycles. The summed E-state index contributed by atoms with van der Waals surface area (Å²) in [5.74, 6) is 0.386. The quantitative estimate of drug-likeness (QED) is 0.571. The Kier molecular flexibility index (Phi) is 3.89. The molecular weight excluding hydrogens is 297 g/mol. The van der Waals surface area contributed by atoms with E-state index in [1.54, 1.807) is 0 Å². The van der Waals surface area contributed by atoms with E-state index in [1.165, 1.54) is 30.2 Å². The molecule has 3 aromatic rings. The van der Waals surface area contributed by atoms with Gasteiger partial charge in [-0.1, -0.05) is 18.2 Å². The fourth-order valence-electron chi connectivity index (χ4n) is 2.44. The number of hydrogen-bond acceptors (Lipinski definition) is 3. The smallest absolute Gasteiger partial charge is 0.193 e. The van der Waals surface area contributed by atoms with Crippen LogP contribution in [-0.4, -0.2) is 13.1 Å². The highest BCUT2D eigenvalue weighted by Crippen LogP contribution is 2.31. The van der Waals surface area contributed by atoms with Gasteiger partial charge in [0.1, 0.15) is 22.9 Å². The van der Waals surface area contributed by atoms with Crippen LogP contribution in [0.15, 0.2) is 52.9 Å². The Balaban J connectivity index is 1.99. The van der Waals surface area contributed by atoms with E-state index in [0.29, 0.717) is 17.2 Å². The van der Waals surface area contributed by atoms with Crippen LogP contribution in [0.4, 0.5) is 10.1 Å². The molecule has 118 valence electrons. The first-order valence-corrected chi connectivity index (χ1v) is 7.01. The van der Waals surface area contributed by atoms with Crippen molar-refractivity contribution in [1.82, 2.24) is 0 Å². The Hall–Kier alpha value is -3.02. The first-order chi connectivity index (χ1) is 11.1. The van der Waals surface area contributed by atoms with Crippen molar-refractivity contribution in [2.45, 2.75) is 6.54 Å². The molecule has 23 heavy (non-hydrogen) atoms. The number of nitrogens with one attached hydrogen (secondary N) is 1. The highest BCUT2D eigenvalue weighted by molar-refractivity contribution is 5.94. The second-order valence-corrected chi connectivity index (χ2v) is 5.04. The average molecular weight is 313 g/mol. The summed E-state index contributed by atoms with van der Waals surface area (Å²) in [5, 5.41) is 8.75. The maximum absolute atomic E-state index is 13.6. The molecule has 3 N–H and O–H groups in total. The van der Waals surface area contributed by atoms with Gasteiger partial charge in [0.15, 0.2) is 5.96 Å². The molecule has 3 rings (SSSR count). The molecule has 0 aliphatic carbocycles. The van der Waals surface area contributed by atoms with Crippen molar-refractivity contribution in [3.8, 4) is 5.75 Å². The minimum Gasteiger partial charge on any atom is -0.495 e. The molecular formula is C17H16FN3O2. The van der Waals surface area contributed by atoms with E-state index in [1.807, 2.05) is 30.3 Å². The number of hydrogen-bond donors (Lipinski definition) is 2. The number of anilines is 1. The molecule has 0 unspecified atom stereocenters. The molecule has 0 saturated heterocycles. The molecule has 1 aromatic heterocycles. The molecule has 0 saturated carbocycles. The van der Waals surface area contributed by atoms with Crippen molar-refractivity contribution in [3.05, 3.63) is 60.1 Å². The van der Waals surface area contributed by atoms with Crippen LogP contribution in [0.25, 0.3) is 11.0 Å². The minimum atomic E-state index is -0.434. The van der Waals surface area contributed by atoms with Gasteiger partial charge in [0.05, 0.1) is 19.3 Å². The summed E-state index contributed by atoms with van der Waals surface area (Å²) in [6, 6.07) is 13.5. The lowest BCUT2D eigenvalue weighted by atomic mass is 10.2. The number of para-hydroxylation sites is 1. The van der Waals surface area contributed by atoms with Crippen molar-refractivity contribution in [3.63, 3.8) is 0 Å². The topological polar surface area (TPSA) is 75.5 Å². The van der Waals surface area contributed by atoms with E-state index in [-0.39, 0.29) is 12.5 Å². The molecule has 6 heteroatoms. The summed E-state index contributed by atoms with van der Waals surface area (Å²) >= 11 is 0. The molecule has 0 radical (unpaired) electrons. The number of nitrogens with two attached hydrogens (primary N) is 1. The number of guanidine groups is 1. The van der Waals surface area contributed by atoms with Gasteiger partial charge in [-0.2, -0.15) is 0 Å². The number of benzene rings is 2. The zero-order valence-corrected chi connectivity index (χ0v) is 12.5. The van der Waals surface area contributed by atoms with Gasteiger partial charge in [-0.3, -0.25) is 5.41 Å². The van der Waals surface area contributed by atoms with Crippen molar-refractivity contribution >= 4 is 22.6 Å². The van der Waals surface area contributed by atoms with Gasteiger partial charge in [-0.15, -0.1) is 0 Å². The fraction of sp³-hybridized carbons (Fsp3) is 0.118. The van der Waals surface area contributed by atoms with Crippen LogP contribution < -0.4 is 15.4 Å². The zero-order chi connectivity index (χ0) is 16.4. The van der Waals surface area contributed by atoms with Crippen LogP contribution in [-0.2, 0) is 6.54 Å². The lowest BCUT2D eigenvalue weighted by molar-refractivity contribution is 0.414. The second kappa shape index (κ2) is 6.00. The van der Waals surface area contributed by atoms with Gasteiger partial charge in [-0.05, 0) is 24.3 Å². The third kappa shape index (κ3) is 2.96. The summed E-state index contributed by atoms with van der Waals surface area (Å²) in [7, 11) is 1.48. The molecule has 0 amide bonds. The fourth-order valence-corrected chi connectivity index (χ4v) is 2.44. The highest BCUT2D eigenvalue weighted by Gasteiger charge is 2.18.